The minimum absolute atomic E-state index is 0.122. The van der Waals surface area contributed by atoms with Crippen LogP contribution in [0.3, 0.4) is 0 Å². The monoisotopic (exact) mass is 360 g/mol. The first-order valence-electron chi connectivity index (χ1n) is 6.85. The van der Waals surface area contributed by atoms with Gasteiger partial charge in [-0.3, -0.25) is 14.9 Å². The molecule has 23 heavy (non-hydrogen) atoms. The first-order chi connectivity index (χ1) is 10.8. The quantitative estimate of drug-likeness (QED) is 0.419. The van der Waals surface area contributed by atoms with Crippen LogP contribution in [-0.4, -0.2) is 33.7 Å². The van der Waals surface area contributed by atoms with Crippen molar-refractivity contribution in [3.8, 4) is 0 Å². The van der Waals surface area contributed by atoms with Crippen LogP contribution in [-0.2, 0) is 9.59 Å². The van der Waals surface area contributed by atoms with Crippen LogP contribution in [0, 0.1) is 16.0 Å². The van der Waals surface area contributed by atoms with Crippen LogP contribution in [0.1, 0.15) is 20.3 Å². The van der Waals surface area contributed by atoms with Crippen molar-refractivity contribution in [1.82, 2.24) is 5.32 Å². The van der Waals surface area contributed by atoms with E-state index >= 15 is 0 Å². The molecule has 0 saturated carbocycles. The molecule has 0 saturated heterocycles. The molecule has 1 aromatic carbocycles. The highest BCUT2D eigenvalue weighted by atomic mass is 35.5. The van der Waals surface area contributed by atoms with E-state index < -0.39 is 22.8 Å². The smallest absolute Gasteiger partial charge is 0.326 e. The van der Waals surface area contributed by atoms with Gasteiger partial charge in [0.1, 0.15) is 6.04 Å². The zero-order valence-corrected chi connectivity index (χ0v) is 14.2. The number of carbonyl (C=O) groups is 2. The summed E-state index contributed by atoms with van der Waals surface area (Å²) in [5.74, 6) is -1.93. The number of amides is 1. The number of halogens is 1. The summed E-state index contributed by atoms with van der Waals surface area (Å²) in [6.45, 7) is 3.56. The van der Waals surface area contributed by atoms with Gasteiger partial charge in [0.15, 0.2) is 0 Å². The number of carboxylic acids is 1. The second-order valence-corrected chi connectivity index (χ2v) is 6.38. The minimum atomic E-state index is -1.10. The number of benzene rings is 1. The molecule has 9 heteroatoms. The first kappa shape index (κ1) is 19.2. The molecule has 1 amide bonds. The number of nitro groups is 1. The second-order valence-electron chi connectivity index (χ2n) is 4.93. The number of hydrogen-bond donors (Lipinski definition) is 2. The summed E-state index contributed by atoms with van der Waals surface area (Å²) in [6.07, 6.45) is 0.604. The number of nitrogens with one attached hydrogen (secondary N) is 1. The van der Waals surface area contributed by atoms with E-state index in [9.17, 15) is 19.7 Å². The van der Waals surface area contributed by atoms with E-state index in [-0.39, 0.29) is 22.4 Å². The molecule has 0 heterocycles. The lowest BCUT2D eigenvalue weighted by Crippen LogP contribution is -2.45. The van der Waals surface area contributed by atoms with Gasteiger partial charge in [0.05, 0.1) is 15.6 Å². The Hall–Kier alpha value is -1.80. The normalized spacial score (nSPS) is 13.2. The molecule has 7 nitrogen and oxygen atoms in total. The standard InChI is InChI=1S/C14H17ClN2O5S/c1-3-8(2)13(14(19)20)16-12(18)7-23-11-5-4-9(15)6-10(11)17(21)22/h4-6,8,13H,3,7H2,1-2H3,(H,16,18)(H,19,20)/t8-,13-/m0/s1. The average molecular weight is 361 g/mol. The van der Waals surface area contributed by atoms with Gasteiger partial charge in [0.25, 0.3) is 5.69 Å². The second kappa shape index (κ2) is 8.73. The Balaban J connectivity index is 2.73. The third-order valence-electron chi connectivity index (χ3n) is 3.27. The van der Waals surface area contributed by atoms with E-state index in [1.54, 1.807) is 6.92 Å². The lowest BCUT2D eigenvalue weighted by molar-refractivity contribution is -0.387. The molecule has 126 valence electrons. The number of nitrogens with zero attached hydrogens (tertiary/aromatic N) is 1. The van der Waals surface area contributed by atoms with Crippen LogP contribution >= 0.6 is 23.4 Å². The highest BCUT2D eigenvalue weighted by Gasteiger charge is 2.25. The van der Waals surface area contributed by atoms with Gasteiger partial charge in [-0.1, -0.05) is 31.9 Å². The summed E-state index contributed by atoms with van der Waals surface area (Å²) < 4.78 is 0. The molecule has 0 aliphatic rings. The molecular formula is C14H17ClN2O5S. The largest absolute Gasteiger partial charge is 0.480 e. The van der Waals surface area contributed by atoms with Crippen molar-refractivity contribution < 1.29 is 19.6 Å². The van der Waals surface area contributed by atoms with Gasteiger partial charge in [0, 0.05) is 11.1 Å². The molecule has 0 radical (unpaired) electrons. The Morgan fingerprint density at radius 2 is 2.13 bits per heavy atom. The van der Waals surface area contributed by atoms with Crippen molar-refractivity contribution in [2.24, 2.45) is 5.92 Å². The highest BCUT2D eigenvalue weighted by molar-refractivity contribution is 8.00. The van der Waals surface area contributed by atoms with Gasteiger partial charge in [-0.05, 0) is 18.1 Å². The Bertz CT molecular complexity index is 611. The molecule has 2 atom stereocenters. The van der Waals surface area contributed by atoms with E-state index in [4.69, 9.17) is 16.7 Å². The van der Waals surface area contributed by atoms with Crippen molar-refractivity contribution in [2.75, 3.05) is 5.75 Å². The van der Waals surface area contributed by atoms with Crippen LogP contribution in [0.25, 0.3) is 0 Å². The van der Waals surface area contributed by atoms with Gasteiger partial charge in [-0.15, -0.1) is 11.8 Å². The highest BCUT2D eigenvalue weighted by Crippen LogP contribution is 2.31. The predicted octanol–water partition coefficient (Wildman–Crippen LogP) is 2.96. The molecule has 1 aromatic rings. The van der Waals surface area contributed by atoms with Gasteiger partial charge in [-0.25, -0.2) is 4.79 Å². The molecule has 0 bridgehead atoms. The Labute approximate surface area is 142 Å². The average Bonchev–Trinajstić information content (AvgIpc) is 2.50. The summed E-state index contributed by atoms with van der Waals surface area (Å²) in [7, 11) is 0. The van der Waals surface area contributed by atoms with Crippen LogP contribution in [0.15, 0.2) is 23.1 Å². The number of carbonyl (C=O) groups excluding carboxylic acids is 1. The lowest BCUT2D eigenvalue weighted by Gasteiger charge is -2.19. The maximum absolute atomic E-state index is 11.9. The van der Waals surface area contributed by atoms with Crippen molar-refractivity contribution in [3.63, 3.8) is 0 Å². The van der Waals surface area contributed by atoms with E-state index in [1.807, 2.05) is 6.92 Å². The van der Waals surface area contributed by atoms with E-state index in [0.29, 0.717) is 11.3 Å². The van der Waals surface area contributed by atoms with Crippen molar-refractivity contribution in [1.29, 1.82) is 0 Å². The third-order valence-corrected chi connectivity index (χ3v) is 4.57. The maximum atomic E-state index is 11.9. The fraction of sp³-hybridized carbons (Fsp3) is 0.429. The molecule has 0 aliphatic carbocycles. The SMILES string of the molecule is CC[C@H](C)[C@H](NC(=O)CSc1ccc(Cl)cc1[N+](=O)[O-])C(=O)O. The molecule has 0 aromatic heterocycles. The molecule has 1 rings (SSSR count). The molecule has 0 fully saturated rings. The topological polar surface area (TPSA) is 110 Å². The molecule has 0 spiro atoms. The molecular weight excluding hydrogens is 344 g/mol. The maximum Gasteiger partial charge on any atom is 0.326 e. The zero-order chi connectivity index (χ0) is 17.6. The lowest BCUT2D eigenvalue weighted by atomic mass is 9.99. The number of aliphatic carboxylic acids is 1. The zero-order valence-electron chi connectivity index (χ0n) is 12.6. The van der Waals surface area contributed by atoms with Crippen molar-refractivity contribution >= 4 is 40.9 Å². The number of nitro benzene ring substituents is 1. The summed E-state index contributed by atoms with van der Waals surface area (Å²) in [5.41, 5.74) is -0.188. The number of hydrogen-bond acceptors (Lipinski definition) is 5. The summed E-state index contributed by atoms with van der Waals surface area (Å²) in [4.78, 5) is 33.8. The van der Waals surface area contributed by atoms with E-state index in [1.165, 1.54) is 18.2 Å². The van der Waals surface area contributed by atoms with Crippen LogP contribution in [0.4, 0.5) is 5.69 Å². The molecule has 0 aliphatic heterocycles. The third kappa shape index (κ3) is 5.72. The molecule has 0 unspecified atom stereocenters. The van der Waals surface area contributed by atoms with Crippen LogP contribution < -0.4 is 5.32 Å². The minimum Gasteiger partial charge on any atom is -0.480 e. The van der Waals surface area contributed by atoms with Crippen molar-refractivity contribution in [3.05, 3.63) is 33.3 Å². The molecule has 2 N–H and O–H groups in total. The Morgan fingerprint density at radius 1 is 1.48 bits per heavy atom. The van der Waals surface area contributed by atoms with E-state index in [2.05, 4.69) is 5.32 Å². The fourth-order valence-electron chi connectivity index (χ4n) is 1.80. The van der Waals surface area contributed by atoms with Crippen LogP contribution in [0.5, 0.6) is 0 Å². The summed E-state index contributed by atoms with van der Waals surface area (Å²) >= 11 is 6.68. The van der Waals surface area contributed by atoms with Gasteiger partial charge in [-0.2, -0.15) is 0 Å². The first-order valence-corrected chi connectivity index (χ1v) is 8.21. The number of rotatable bonds is 8. The van der Waals surface area contributed by atoms with Gasteiger partial charge >= 0.3 is 5.97 Å². The van der Waals surface area contributed by atoms with Gasteiger partial charge in [0.2, 0.25) is 5.91 Å². The Morgan fingerprint density at radius 3 is 2.65 bits per heavy atom. The summed E-state index contributed by atoms with van der Waals surface area (Å²) in [5, 5.41) is 22.8. The van der Waals surface area contributed by atoms with Crippen molar-refractivity contribution in [2.45, 2.75) is 31.2 Å². The number of carboxylic acid groups (broad SMARTS) is 1. The van der Waals surface area contributed by atoms with E-state index in [0.717, 1.165) is 11.8 Å². The van der Waals surface area contributed by atoms with Gasteiger partial charge < -0.3 is 10.4 Å². The summed E-state index contributed by atoms with van der Waals surface area (Å²) in [6, 6.07) is 3.19. The fourth-order valence-corrected chi connectivity index (χ4v) is 2.78. The Kier molecular flexibility index (Phi) is 7.31. The van der Waals surface area contributed by atoms with Crippen LogP contribution in [0.2, 0.25) is 5.02 Å². The predicted molar refractivity (Wildman–Crippen MR) is 87.9 cm³/mol. The number of thioether (sulfide) groups is 1.